The number of aryl methyl sites for hydroxylation is 2. The Hall–Kier alpha value is -1.06. The zero-order valence-corrected chi connectivity index (χ0v) is 11.4. The van der Waals surface area contributed by atoms with Gasteiger partial charge in [0.2, 0.25) is 0 Å². The van der Waals surface area contributed by atoms with Crippen LogP contribution in [0.1, 0.15) is 34.8 Å². The monoisotopic (exact) mass is 256 g/mol. The standard InChI is InChI=1S/C13H20N2O.ClH/c1-9-6-10(2)8-12(7-9)13(16)15-5-4-11(3)14;/h6-8,11H,4-5,14H2,1-3H3,(H,15,16);1H. The second-order valence-corrected chi connectivity index (χ2v) is 4.40. The van der Waals surface area contributed by atoms with E-state index in [0.29, 0.717) is 6.54 Å². The third-order valence-electron chi connectivity index (χ3n) is 2.37. The summed E-state index contributed by atoms with van der Waals surface area (Å²) in [5.74, 6) is -0.0209. The molecule has 0 bridgehead atoms. The summed E-state index contributed by atoms with van der Waals surface area (Å²) in [6.45, 7) is 6.55. The van der Waals surface area contributed by atoms with Crippen molar-refractivity contribution in [2.75, 3.05) is 6.54 Å². The second-order valence-electron chi connectivity index (χ2n) is 4.40. The van der Waals surface area contributed by atoms with Crippen molar-refractivity contribution in [3.05, 3.63) is 34.9 Å². The molecule has 0 radical (unpaired) electrons. The minimum atomic E-state index is -0.0209. The molecule has 1 atom stereocenters. The largest absolute Gasteiger partial charge is 0.352 e. The van der Waals surface area contributed by atoms with Crippen LogP contribution in [0.5, 0.6) is 0 Å². The van der Waals surface area contributed by atoms with Crippen molar-refractivity contribution in [1.82, 2.24) is 5.32 Å². The number of carbonyl (C=O) groups is 1. The molecule has 1 amide bonds. The van der Waals surface area contributed by atoms with Gasteiger partial charge in [0.15, 0.2) is 0 Å². The number of carbonyl (C=O) groups excluding carboxylic acids is 1. The molecular formula is C13H21ClN2O. The van der Waals surface area contributed by atoms with Gasteiger partial charge in [0.1, 0.15) is 0 Å². The fourth-order valence-corrected chi connectivity index (χ4v) is 1.62. The SMILES string of the molecule is Cc1cc(C)cc(C(=O)NCCC(C)N)c1.Cl. The average molecular weight is 257 g/mol. The fourth-order valence-electron chi connectivity index (χ4n) is 1.62. The molecule has 0 fully saturated rings. The lowest BCUT2D eigenvalue weighted by Gasteiger charge is -2.08. The summed E-state index contributed by atoms with van der Waals surface area (Å²) in [6, 6.07) is 5.97. The van der Waals surface area contributed by atoms with Crippen LogP contribution in [0.4, 0.5) is 0 Å². The van der Waals surface area contributed by atoms with Gasteiger partial charge in [-0.1, -0.05) is 17.2 Å². The zero-order valence-electron chi connectivity index (χ0n) is 10.6. The van der Waals surface area contributed by atoms with Crippen LogP contribution in [0.15, 0.2) is 18.2 Å². The summed E-state index contributed by atoms with van der Waals surface area (Å²) in [5, 5.41) is 2.87. The van der Waals surface area contributed by atoms with E-state index in [1.54, 1.807) is 0 Å². The number of hydrogen-bond acceptors (Lipinski definition) is 2. The molecule has 0 saturated heterocycles. The Morgan fingerprint density at radius 2 is 1.82 bits per heavy atom. The molecule has 1 aromatic rings. The molecule has 1 unspecified atom stereocenters. The van der Waals surface area contributed by atoms with Gasteiger partial charge in [0.25, 0.3) is 5.91 Å². The Kier molecular flexibility index (Phi) is 6.85. The van der Waals surface area contributed by atoms with Gasteiger partial charge in [-0.15, -0.1) is 12.4 Å². The normalized spacial score (nSPS) is 11.5. The molecule has 0 spiro atoms. The lowest BCUT2D eigenvalue weighted by atomic mass is 10.1. The number of hydrogen-bond donors (Lipinski definition) is 2. The molecule has 3 N–H and O–H groups in total. The minimum absolute atomic E-state index is 0. The lowest BCUT2D eigenvalue weighted by Crippen LogP contribution is -2.29. The Bertz CT molecular complexity index is 357. The molecule has 4 heteroatoms. The molecule has 0 saturated carbocycles. The van der Waals surface area contributed by atoms with Crippen LogP contribution in [0.2, 0.25) is 0 Å². The van der Waals surface area contributed by atoms with Gasteiger partial charge in [-0.2, -0.15) is 0 Å². The van der Waals surface area contributed by atoms with Gasteiger partial charge >= 0.3 is 0 Å². The summed E-state index contributed by atoms with van der Waals surface area (Å²) in [6.07, 6.45) is 0.802. The first-order valence-electron chi connectivity index (χ1n) is 5.61. The van der Waals surface area contributed by atoms with Crippen LogP contribution in [0, 0.1) is 13.8 Å². The summed E-state index contributed by atoms with van der Waals surface area (Å²) >= 11 is 0. The maximum atomic E-state index is 11.8. The molecule has 0 aliphatic rings. The highest BCUT2D eigenvalue weighted by atomic mass is 35.5. The molecule has 17 heavy (non-hydrogen) atoms. The first kappa shape index (κ1) is 15.9. The highest BCUT2D eigenvalue weighted by Crippen LogP contribution is 2.08. The predicted molar refractivity (Wildman–Crippen MR) is 73.8 cm³/mol. The highest BCUT2D eigenvalue weighted by molar-refractivity contribution is 5.94. The van der Waals surface area contributed by atoms with Gasteiger partial charge in [0.05, 0.1) is 0 Å². The molecule has 96 valence electrons. The molecule has 0 aliphatic heterocycles. The van der Waals surface area contributed by atoms with Crippen molar-refractivity contribution >= 4 is 18.3 Å². The average Bonchev–Trinajstić information content (AvgIpc) is 2.15. The summed E-state index contributed by atoms with van der Waals surface area (Å²) < 4.78 is 0. The number of amides is 1. The second kappa shape index (κ2) is 7.30. The van der Waals surface area contributed by atoms with E-state index in [4.69, 9.17) is 5.73 Å². The van der Waals surface area contributed by atoms with Crippen LogP contribution in [0.25, 0.3) is 0 Å². The quantitative estimate of drug-likeness (QED) is 0.868. The van der Waals surface area contributed by atoms with E-state index >= 15 is 0 Å². The number of benzene rings is 1. The van der Waals surface area contributed by atoms with Crippen LogP contribution in [0.3, 0.4) is 0 Å². The van der Waals surface area contributed by atoms with E-state index in [9.17, 15) is 4.79 Å². The van der Waals surface area contributed by atoms with Crippen LogP contribution in [-0.4, -0.2) is 18.5 Å². The van der Waals surface area contributed by atoms with Crippen molar-refractivity contribution in [3.63, 3.8) is 0 Å². The van der Waals surface area contributed by atoms with Gasteiger partial charge in [-0.3, -0.25) is 4.79 Å². The highest BCUT2D eigenvalue weighted by Gasteiger charge is 2.06. The molecular weight excluding hydrogens is 236 g/mol. The number of nitrogens with one attached hydrogen (secondary N) is 1. The van der Waals surface area contributed by atoms with E-state index in [-0.39, 0.29) is 24.4 Å². The predicted octanol–water partition coefficient (Wildman–Crippen LogP) is 2.19. The van der Waals surface area contributed by atoms with Crippen LogP contribution < -0.4 is 11.1 Å². The van der Waals surface area contributed by atoms with E-state index < -0.39 is 0 Å². The number of halogens is 1. The molecule has 0 aliphatic carbocycles. The van der Waals surface area contributed by atoms with Crippen molar-refractivity contribution in [3.8, 4) is 0 Å². The summed E-state index contributed by atoms with van der Waals surface area (Å²) in [5.41, 5.74) is 8.56. The third-order valence-corrected chi connectivity index (χ3v) is 2.37. The molecule has 0 heterocycles. The topological polar surface area (TPSA) is 55.1 Å². The van der Waals surface area contributed by atoms with Gasteiger partial charge in [0, 0.05) is 18.2 Å². The van der Waals surface area contributed by atoms with E-state index in [2.05, 4.69) is 11.4 Å². The van der Waals surface area contributed by atoms with Crippen molar-refractivity contribution < 1.29 is 4.79 Å². The number of rotatable bonds is 4. The molecule has 0 aromatic heterocycles. The van der Waals surface area contributed by atoms with Crippen molar-refractivity contribution in [2.45, 2.75) is 33.2 Å². The third kappa shape index (κ3) is 5.71. The number of nitrogens with two attached hydrogens (primary N) is 1. The van der Waals surface area contributed by atoms with E-state index in [1.165, 1.54) is 0 Å². The van der Waals surface area contributed by atoms with Crippen molar-refractivity contribution in [2.24, 2.45) is 5.73 Å². The Morgan fingerprint density at radius 3 is 2.29 bits per heavy atom. The molecule has 1 aromatic carbocycles. The molecule has 1 rings (SSSR count). The van der Waals surface area contributed by atoms with Gasteiger partial charge < -0.3 is 11.1 Å². The minimum Gasteiger partial charge on any atom is -0.352 e. The summed E-state index contributed by atoms with van der Waals surface area (Å²) in [4.78, 5) is 11.8. The first-order chi connectivity index (χ1) is 7.49. The Morgan fingerprint density at radius 1 is 1.29 bits per heavy atom. The first-order valence-corrected chi connectivity index (χ1v) is 5.61. The Labute approximate surface area is 109 Å². The van der Waals surface area contributed by atoms with Crippen molar-refractivity contribution in [1.29, 1.82) is 0 Å². The maximum Gasteiger partial charge on any atom is 0.251 e. The van der Waals surface area contributed by atoms with E-state index in [0.717, 1.165) is 23.1 Å². The maximum absolute atomic E-state index is 11.8. The van der Waals surface area contributed by atoms with Crippen LogP contribution in [-0.2, 0) is 0 Å². The lowest BCUT2D eigenvalue weighted by molar-refractivity contribution is 0.0952. The van der Waals surface area contributed by atoms with Gasteiger partial charge in [-0.05, 0) is 39.3 Å². The zero-order chi connectivity index (χ0) is 12.1. The smallest absolute Gasteiger partial charge is 0.251 e. The fraction of sp³-hybridized carbons (Fsp3) is 0.462. The Balaban J connectivity index is 0.00000256. The molecule has 3 nitrogen and oxygen atoms in total. The van der Waals surface area contributed by atoms with Crippen LogP contribution >= 0.6 is 12.4 Å². The summed E-state index contributed by atoms with van der Waals surface area (Å²) in [7, 11) is 0. The van der Waals surface area contributed by atoms with E-state index in [1.807, 2.05) is 32.9 Å². The van der Waals surface area contributed by atoms with Gasteiger partial charge in [-0.25, -0.2) is 0 Å².